The minimum atomic E-state index is -0.210. The molecule has 2 N–H and O–H groups in total. The molecule has 0 radical (unpaired) electrons. The number of nitrogens with zero attached hydrogens (tertiary/aromatic N) is 1. The minimum Gasteiger partial charge on any atom is -0.464 e. The van der Waals surface area contributed by atoms with E-state index in [0.29, 0.717) is 0 Å². The molecular formula is C43H31N3O. The second kappa shape index (κ2) is 11.3. The summed E-state index contributed by atoms with van der Waals surface area (Å²) in [5.74, 6) is 1.75. The lowest BCUT2D eigenvalue weighted by atomic mass is 9.95. The summed E-state index contributed by atoms with van der Waals surface area (Å²) in [6.45, 7) is 0. The maximum Gasteiger partial charge on any atom is 0.196 e. The van der Waals surface area contributed by atoms with Gasteiger partial charge in [-0.15, -0.1) is 0 Å². The molecule has 224 valence electrons. The number of aliphatic imine (C=N–C) groups is 1. The normalized spacial score (nSPS) is 16.9. The van der Waals surface area contributed by atoms with Crippen molar-refractivity contribution in [3.8, 4) is 16.9 Å². The fourth-order valence-electron chi connectivity index (χ4n) is 6.73. The Balaban J connectivity index is 1.07. The van der Waals surface area contributed by atoms with Crippen molar-refractivity contribution in [1.29, 1.82) is 0 Å². The molecule has 2 aliphatic rings. The van der Waals surface area contributed by atoms with E-state index in [4.69, 9.17) is 9.73 Å². The summed E-state index contributed by atoms with van der Waals surface area (Å²) in [5.41, 5.74) is 8.80. The lowest BCUT2D eigenvalue weighted by Gasteiger charge is -2.24. The lowest BCUT2D eigenvalue weighted by molar-refractivity contribution is 0.260. The van der Waals surface area contributed by atoms with Gasteiger partial charge in [0.1, 0.15) is 11.6 Å². The largest absolute Gasteiger partial charge is 0.464 e. The predicted molar refractivity (Wildman–Crippen MR) is 194 cm³/mol. The van der Waals surface area contributed by atoms with E-state index >= 15 is 0 Å². The number of benzene rings is 7. The number of nitrogens with one attached hydrogen (secondary N) is 2. The van der Waals surface area contributed by atoms with E-state index in [1.54, 1.807) is 0 Å². The highest BCUT2D eigenvalue weighted by molar-refractivity contribution is 6.16. The Morgan fingerprint density at radius 1 is 0.511 bits per heavy atom. The summed E-state index contributed by atoms with van der Waals surface area (Å²) in [4.78, 5) is 5.08. The second-order valence-corrected chi connectivity index (χ2v) is 12.1. The molecule has 0 saturated carbocycles. The van der Waals surface area contributed by atoms with Crippen molar-refractivity contribution in [3.05, 3.63) is 186 Å². The standard InChI is InChI=1S/C43H31N3O/c1-4-10-30(11-5-1)37-27-38(31-12-6-2-7-13-31)45-42(44-37)33-21-16-28(17-22-33)35-23-19-29-18-20-32-24-25-39-41(40(32)36(29)26-35)46-43(47-39)34-14-8-3-9-15-34/h1-27,37,43,46H,(H,44,45). The molecule has 0 fully saturated rings. The van der Waals surface area contributed by atoms with Gasteiger partial charge in [-0.25, -0.2) is 4.99 Å². The Labute approximate surface area is 273 Å². The maximum atomic E-state index is 6.37. The smallest absolute Gasteiger partial charge is 0.196 e. The van der Waals surface area contributed by atoms with Crippen molar-refractivity contribution < 1.29 is 4.74 Å². The van der Waals surface area contributed by atoms with Crippen molar-refractivity contribution >= 4 is 38.8 Å². The third-order valence-electron chi connectivity index (χ3n) is 9.16. The van der Waals surface area contributed by atoms with Gasteiger partial charge in [0.15, 0.2) is 6.23 Å². The van der Waals surface area contributed by atoms with Gasteiger partial charge in [-0.3, -0.25) is 0 Å². The van der Waals surface area contributed by atoms with Crippen LogP contribution in [0, 0.1) is 0 Å². The van der Waals surface area contributed by atoms with Gasteiger partial charge in [-0.05, 0) is 56.6 Å². The number of ether oxygens (including phenoxy) is 1. The molecule has 0 aliphatic carbocycles. The summed E-state index contributed by atoms with van der Waals surface area (Å²) < 4.78 is 6.37. The van der Waals surface area contributed by atoms with Crippen LogP contribution in [-0.2, 0) is 0 Å². The first-order valence-corrected chi connectivity index (χ1v) is 16.0. The first-order valence-electron chi connectivity index (χ1n) is 16.0. The summed E-state index contributed by atoms with van der Waals surface area (Å²) in [6.07, 6.45) is 2.00. The van der Waals surface area contributed by atoms with Crippen LogP contribution in [0.2, 0.25) is 0 Å². The third kappa shape index (κ3) is 5.01. The monoisotopic (exact) mass is 605 g/mol. The van der Waals surface area contributed by atoms with Crippen LogP contribution < -0.4 is 15.4 Å². The van der Waals surface area contributed by atoms with Crippen molar-refractivity contribution in [3.63, 3.8) is 0 Å². The van der Waals surface area contributed by atoms with Gasteiger partial charge < -0.3 is 15.4 Å². The van der Waals surface area contributed by atoms with Crippen LogP contribution in [-0.4, -0.2) is 5.84 Å². The highest BCUT2D eigenvalue weighted by Gasteiger charge is 2.26. The summed E-state index contributed by atoms with van der Waals surface area (Å²) in [6, 6.07) is 55.4. The molecule has 0 spiro atoms. The SMILES string of the molecule is C1=C(c2ccccc2)N=C(c2ccc(-c3ccc4ccc5ccc6c(c5c4c3)NC(c3ccccc3)O6)cc2)NC1c1ccccc1. The van der Waals surface area contributed by atoms with Crippen LogP contribution in [0.3, 0.4) is 0 Å². The number of anilines is 1. The molecule has 4 nitrogen and oxygen atoms in total. The second-order valence-electron chi connectivity index (χ2n) is 12.1. The van der Waals surface area contributed by atoms with Crippen molar-refractivity contribution in [1.82, 2.24) is 5.32 Å². The number of rotatable bonds is 5. The average Bonchev–Trinajstić information content (AvgIpc) is 3.60. The van der Waals surface area contributed by atoms with E-state index in [-0.39, 0.29) is 12.3 Å². The minimum absolute atomic E-state index is 0.0214. The average molecular weight is 606 g/mol. The predicted octanol–water partition coefficient (Wildman–Crippen LogP) is 10.3. The summed E-state index contributed by atoms with van der Waals surface area (Å²) >= 11 is 0. The van der Waals surface area contributed by atoms with Gasteiger partial charge in [0.25, 0.3) is 0 Å². The Bertz CT molecular complexity index is 2310. The molecule has 0 aromatic heterocycles. The Morgan fingerprint density at radius 2 is 1.13 bits per heavy atom. The maximum absolute atomic E-state index is 6.37. The third-order valence-corrected chi connectivity index (χ3v) is 9.16. The van der Waals surface area contributed by atoms with Gasteiger partial charge in [-0.1, -0.05) is 146 Å². The van der Waals surface area contributed by atoms with Gasteiger partial charge in [-0.2, -0.15) is 0 Å². The van der Waals surface area contributed by atoms with E-state index in [0.717, 1.165) is 45.2 Å². The molecular weight excluding hydrogens is 574 g/mol. The number of hydrogen-bond acceptors (Lipinski definition) is 4. The van der Waals surface area contributed by atoms with E-state index in [2.05, 4.69) is 150 Å². The molecule has 0 amide bonds. The molecule has 7 aromatic rings. The highest BCUT2D eigenvalue weighted by atomic mass is 16.5. The van der Waals surface area contributed by atoms with Crippen LogP contribution in [0.5, 0.6) is 5.75 Å². The number of amidine groups is 1. The van der Waals surface area contributed by atoms with Crippen molar-refractivity contribution in [2.45, 2.75) is 12.3 Å². The Kier molecular flexibility index (Phi) is 6.57. The zero-order valence-corrected chi connectivity index (χ0v) is 25.6. The van der Waals surface area contributed by atoms with Crippen molar-refractivity contribution in [2.24, 2.45) is 4.99 Å². The van der Waals surface area contributed by atoms with E-state index < -0.39 is 0 Å². The quantitative estimate of drug-likeness (QED) is 0.192. The fraction of sp³-hybridized carbons (Fsp3) is 0.0465. The zero-order valence-electron chi connectivity index (χ0n) is 25.6. The molecule has 7 aromatic carbocycles. The van der Waals surface area contributed by atoms with Crippen LogP contribution >= 0.6 is 0 Å². The van der Waals surface area contributed by atoms with Crippen molar-refractivity contribution in [2.75, 3.05) is 5.32 Å². The number of fused-ring (bicyclic) bond motifs is 5. The number of hydrogen-bond donors (Lipinski definition) is 2. The molecule has 9 rings (SSSR count). The Hall–Kier alpha value is -6.13. The zero-order chi connectivity index (χ0) is 31.2. The highest BCUT2D eigenvalue weighted by Crippen LogP contribution is 2.45. The van der Waals surface area contributed by atoms with E-state index in [1.165, 1.54) is 32.7 Å². The summed E-state index contributed by atoms with van der Waals surface area (Å²) in [7, 11) is 0. The molecule has 0 bridgehead atoms. The van der Waals surface area contributed by atoms with Gasteiger partial charge in [0.05, 0.1) is 17.4 Å². The van der Waals surface area contributed by atoms with E-state index in [1.807, 2.05) is 24.3 Å². The molecule has 4 heteroatoms. The van der Waals surface area contributed by atoms with Crippen LogP contribution in [0.25, 0.3) is 38.4 Å². The summed E-state index contributed by atoms with van der Waals surface area (Å²) in [5, 5.41) is 12.1. The van der Waals surface area contributed by atoms with Crippen LogP contribution in [0.15, 0.2) is 169 Å². The van der Waals surface area contributed by atoms with Crippen LogP contribution in [0.4, 0.5) is 5.69 Å². The fourth-order valence-corrected chi connectivity index (χ4v) is 6.73. The lowest BCUT2D eigenvalue weighted by Crippen LogP contribution is -2.31. The molecule has 2 unspecified atom stereocenters. The van der Waals surface area contributed by atoms with Gasteiger partial charge in [0, 0.05) is 16.5 Å². The first kappa shape index (κ1) is 27.2. The first-order chi connectivity index (χ1) is 23.3. The molecule has 0 saturated heterocycles. The molecule has 47 heavy (non-hydrogen) atoms. The van der Waals surface area contributed by atoms with Gasteiger partial charge >= 0.3 is 0 Å². The Morgan fingerprint density at radius 3 is 1.89 bits per heavy atom. The van der Waals surface area contributed by atoms with E-state index in [9.17, 15) is 0 Å². The topological polar surface area (TPSA) is 45.7 Å². The van der Waals surface area contributed by atoms with Crippen LogP contribution in [0.1, 0.15) is 34.5 Å². The van der Waals surface area contributed by atoms with Gasteiger partial charge in [0.2, 0.25) is 0 Å². The molecule has 2 heterocycles. The molecule has 2 aliphatic heterocycles. The molecule has 2 atom stereocenters.